The molecule has 0 bridgehead atoms. The van der Waals surface area contributed by atoms with E-state index in [-0.39, 0.29) is 0 Å². The minimum absolute atomic E-state index is 0.933. The molecule has 0 spiro atoms. The van der Waals surface area contributed by atoms with Crippen LogP contribution in [0.3, 0.4) is 0 Å². The second-order valence-electron chi connectivity index (χ2n) is 3.76. The van der Waals surface area contributed by atoms with Crippen LogP contribution in [-0.2, 0) is 0 Å². The van der Waals surface area contributed by atoms with Gasteiger partial charge < -0.3 is 4.90 Å². The molecule has 0 aromatic heterocycles. The van der Waals surface area contributed by atoms with Crippen molar-refractivity contribution in [3.63, 3.8) is 0 Å². The molecule has 0 amide bonds. The van der Waals surface area contributed by atoms with E-state index in [1.165, 1.54) is 32.1 Å². The average Bonchev–Trinajstić information content (AvgIpc) is 2.56. The van der Waals surface area contributed by atoms with Gasteiger partial charge in [-0.15, -0.1) is 0 Å². The molecule has 1 nitrogen and oxygen atoms in total. The first-order chi connectivity index (χ1) is 4.95. The number of rotatable bonds is 0. The highest BCUT2D eigenvalue weighted by Gasteiger charge is 2.41. The lowest BCUT2D eigenvalue weighted by Crippen LogP contribution is -2.25. The van der Waals surface area contributed by atoms with Crippen LogP contribution in [0.4, 0.5) is 0 Å². The van der Waals surface area contributed by atoms with Crippen LogP contribution >= 0.6 is 0 Å². The molecular weight excluding hydrogens is 122 g/mol. The van der Waals surface area contributed by atoms with Gasteiger partial charge in [0.25, 0.3) is 0 Å². The van der Waals surface area contributed by atoms with E-state index in [2.05, 4.69) is 11.0 Å². The van der Waals surface area contributed by atoms with Crippen LogP contribution in [0.2, 0.25) is 0 Å². The largest absolute Gasteiger partial charge is 0.369 e. The Morgan fingerprint density at radius 3 is 3.10 bits per heavy atom. The fraction of sp³-hybridized carbons (Fsp3) is 0.778. The molecule has 10 heavy (non-hydrogen) atoms. The van der Waals surface area contributed by atoms with Crippen LogP contribution < -0.4 is 0 Å². The Kier molecular flexibility index (Phi) is 0.825. The normalized spacial score (nSPS) is 42.4. The third-order valence-electron chi connectivity index (χ3n) is 3.31. The molecule has 2 fully saturated rings. The minimum atomic E-state index is 0.933. The zero-order valence-corrected chi connectivity index (χ0v) is 6.21. The van der Waals surface area contributed by atoms with Crippen LogP contribution in [-0.4, -0.2) is 17.0 Å². The van der Waals surface area contributed by atoms with Gasteiger partial charge in [0.15, 0.2) is 0 Å². The van der Waals surface area contributed by atoms with E-state index in [0.717, 1.165) is 12.1 Å². The summed E-state index contributed by atoms with van der Waals surface area (Å²) in [5, 5.41) is 0. The van der Waals surface area contributed by atoms with Gasteiger partial charge in [-0.2, -0.15) is 0 Å². The third-order valence-corrected chi connectivity index (χ3v) is 3.31. The predicted octanol–water partition coefficient (Wildman–Crippen LogP) is 1.90. The molecule has 3 rings (SSSR count). The maximum Gasteiger partial charge on any atom is 0.0325 e. The third kappa shape index (κ3) is 0.458. The van der Waals surface area contributed by atoms with Gasteiger partial charge in [0.2, 0.25) is 0 Å². The summed E-state index contributed by atoms with van der Waals surface area (Å²) in [6.07, 6.45) is 9.58. The summed E-state index contributed by atoms with van der Waals surface area (Å²) in [6, 6.07) is 1.89. The van der Waals surface area contributed by atoms with Crippen molar-refractivity contribution >= 4 is 0 Å². The molecule has 0 unspecified atom stereocenters. The Bertz CT molecular complexity index is 195. The summed E-state index contributed by atoms with van der Waals surface area (Å²) in [5.74, 6) is 0. The summed E-state index contributed by atoms with van der Waals surface area (Å²) >= 11 is 0. The lowest BCUT2D eigenvalue weighted by molar-refractivity contribution is 0.313. The van der Waals surface area contributed by atoms with Gasteiger partial charge in [-0.25, -0.2) is 0 Å². The number of hydrogen-bond donors (Lipinski definition) is 0. The number of hydrogen-bond acceptors (Lipinski definition) is 1. The number of allylic oxidation sites excluding steroid dienone is 1. The first-order valence-electron chi connectivity index (χ1n) is 4.42. The molecule has 54 valence electrons. The highest BCUT2D eigenvalue weighted by atomic mass is 15.3. The maximum atomic E-state index is 2.69. The molecular formula is C9H13N. The maximum absolute atomic E-state index is 2.69. The summed E-state index contributed by atoms with van der Waals surface area (Å²) in [5.41, 5.74) is 1.67. The zero-order chi connectivity index (χ0) is 6.55. The highest BCUT2D eigenvalue weighted by molar-refractivity contribution is 5.20. The fourth-order valence-electron chi connectivity index (χ4n) is 2.87. The lowest BCUT2D eigenvalue weighted by atomic mass is 10.1. The van der Waals surface area contributed by atoms with E-state index in [4.69, 9.17) is 0 Å². The highest BCUT2D eigenvalue weighted by Crippen LogP contribution is 2.44. The van der Waals surface area contributed by atoms with E-state index >= 15 is 0 Å². The van der Waals surface area contributed by atoms with E-state index < -0.39 is 0 Å². The standard InChI is InChI=1S/C9H13N/c1-2-8-5-6-9-4-3-7(1)10(8)9/h1,8-9H,2-6H2/t8-,9+/m0/s1. The van der Waals surface area contributed by atoms with Crippen molar-refractivity contribution in [3.05, 3.63) is 11.8 Å². The van der Waals surface area contributed by atoms with Crippen molar-refractivity contribution in [2.24, 2.45) is 0 Å². The van der Waals surface area contributed by atoms with Crippen molar-refractivity contribution in [1.29, 1.82) is 0 Å². The monoisotopic (exact) mass is 135 g/mol. The van der Waals surface area contributed by atoms with Crippen LogP contribution in [0.15, 0.2) is 11.8 Å². The van der Waals surface area contributed by atoms with Gasteiger partial charge in [-0.3, -0.25) is 0 Å². The van der Waals surface area contributed by atoms with E-state index in [9.17, 15) is 0 Å². The van der Waals surface area contributed by atoms with E-state index in [1.54, 1.807) is 5.70 Å². The van der Waals surface area contributed by atoms with Crippen molar-refractivity contribution < 1.29 is 0 Å². The Hall–Kier alpha value is -0.460. The zero-order valence-electron chi connectivity index (χ0n) is 6.21. The molecule has 0 aromatic rings. The first-order valence-corrected chi connectivity index (χ1v) is 4.42. The van der Waals surface area contributed by atoms with E-state index in [1.807, 2.05) is 0 Å². The lowest BCUT2D eigenvalue weighted by Gasteiger charge is -2.20. The molecule has 2 atom stereocenters. The molecule has 0 radical (unpaired) electrons. The summed E-state index contributed by atoms with van der Waals surface area (Å²) in [7, 11) is 0. The van der Waals surface area contributed by atoms with Gasteiger partial charge in [0.1, 0.15) is 0 Å². The fourth-order valence-corrected chi connectivity index (χ4v) is 2.87. The average molecular weight is 135 g/mol. The Balaban J connectivity index is 2.03. The topological polar surface area (TPSA) is 3.24 Å². The Labute approximate surface area is 61.7 Å². The van der Waals surface area contributed by atoms with Crippen LogP contribution in [0.1, 0.15) is 32.1 Å². The Morgan fingerprint density at radius 2 is 2.10 bits per heavy atom. The second-order valence-corrected chi connectivity index (χ2v) is 3.76. The van der Waals surface area contributed by atoms with Crippen molar-refractivity contribution in [2.75, 3.05) is 0 Å². The van der Waals surface area contributed by atoms with Crippen molar-refractivity contribution in [1.82, 2.24) is 4.90 Å². The second kappa shape index (κ2) is 1.58. The quantitative estimate of drug-likeness (QED) is 0.490. The van der Waals surface area contributed by atoms with Gasteiger partial charge >= 0.3 is 0 Å². The molecule has 0 aromatic carbocycles. The summed E-state index contributed by atoms with van der Waals surface area (Å²) in [4.78, 5) is 2.69. The molecule has 3 aliphatic heterocycles. The molecule has 2 saturated heterocycles. The van der Waals surface area contributed by atoms with Crippen LogP contribution in [0.25, 0.3) is 0 Å². The van der Waals surface area contributed by atoms with Gasteiger partial charge in [0, 0.05) is 17.8 Å². The Morgan fingerprint density at radius 1 is 1.20 bits per heavy atom. The summed E-state index contributed by atoms with van der Waals surface area (Å²) < 4.78 is 0. The predicted molar refractivity (Wildman–Crippen MR) is 40.6 cm³/mol. The summed E-state index contributed by atoms with van der Waals surface area (Å²) in [6.45, 7) is 0. The molecule has 0 N–H and O–H groups in total. The van der Waals surface area contributed by atoms with E-state index in [0.29, 0.717) is 0 Å². The smallest absolute Gasteiger partial charge is 0.0325 e. The SMILES string of the molecule is C1=C2CC[C@@H]3CC[C@H](C1)N23. The molecule has 3 aliphatic rings. The first kappa shape index (κ1) is 5.22. The van der Waals surface area contributed by atoms with Gasteiger partial charge in [0.05, 0.1) is 0 Å². The molecule has 0 aliphatic carbocycles. The van der Waals surface area contributed by atoms with Crippen LogP contribution in [0.5, 0.6) is 0 Å². The minimum Gasteiger partial charge on any atom is -0.369 e. The molecule has 3 heterocycles. The molecule has 0 saturated carbocycles. The van der Waals surface area contributed by atoms with Gasteiger partial charge in [-0.1, -0.05) is 6.08 Å². The molecule has 1 heteroatoms. The number of nitrogens with zero attached hydrogens (tertiary/aromatic N) is 1. The van der Waals surface area contributed by atoms with Gasteiger partial charge in [-0.05, 0) is 32.1 Å². The van der Waals surface area contributed by atoms with Crippen LogP contribution in [0, 0.1) is 0 Å². The van der Waals surface area contributed by atoms with Crippen molar-refractivity contribution in [2.45, 2.75) is 44.2 Å². The van der Waals surface area contributed by atoms with Crippen molar-refractivity contribution in [3.8, 4) is 0 Å².